The third-order valence-corrected chi connectivity index (χ3v) is 2.66. The Labute approximate surface area is 116 Å². The highest BCUT2D eigenvalue weighted by Crippen LogP contribution is 2.14. The summed E-state index contributed by atoms with van der Waals surface area (Å²) in [5.41, 5.74) is 1.25. The molecule has 98 valence electrons. The Morgan fingerprint density at radius 1 is 1.37 bits per heavy atom. The quantitative estimate of drug-likeness (QED) is 0.840. The topological polar surface area (TPSA) is 66.9 Å². The highest BCUT2D eigenvalue weighted by atomic mass is 35.5. The van der Waals surface area contributed by atoms with Gasteiger partial charge in [0.1, 0.15) is 11.0 Å². The van der Waals surface area contributed by atoms with Gasteiger partial charge >= 0.3 is 0 Å². The number of nitrogens with one attached hydrogen (secondary N) is 2. The SMILES string of the molecule is CNc1cc(C(=O)NCc2ccccn2)cc(Cl)n1. The van der Waals surface area contributed by atoms with Gasteiger partial charge in [-0.05, 0) is 24.3 Å². The molecule has 0 fully saturated rings. The van der Waals surface area contributed by atoms with Crippen molar-refractivity contribution in [3.05, 3.63) is 52.9 Å². The third-order valence-electron chi connectivity index (χ3n) is 2.47. The Kier molecular flexibility index (Phi) is 4.30. The monoisotopic (exact) mass is 276 g/mol. The first-order valence-electron chi connectivity index (χ1n) is 5.72. The van der Waals surface area contributed by atoms with Crippen molar-refractivity contribution in [2.24, 2.45) is 0 Å². The Balaban J connectivity index is 2.06. The second-order valence-electron chi connectivity index (χ2n) is 3.82. The van der Waals surface area contributed by atoms with Crippen molar-refractivity contribution in [2.75, 3.05) is 12.4 Å². The van der Waals surface area contributed by atoms with Gasteiger partial charge in [0.15, 0.2) is 0 Å². The number of aromatic nitrogens is 2. The van der Waals surface area contributed by atoms with Gasteiger partial charge in [-0.25, -0.2) is 4.98 Å². The summed E-state index contributed by atoms with van der Waals surface area (Å²) in [7, 11) is 1.72. The maximum Gasteiger partial charge on any atom is 0.251 e. The highest BCUT2D eigenvalue weighted by molar-refractivity contribution is 6.29. The summed E-state index contributed by atoms with van der Waals surface area (Å²) in [4.78, 5) is 20.1. The fourth-order valence-electron chi connectivity index (χ4n) is 1.53. The van der Waals surface area contributed by atoms with E-state index in [1.807, 2.05) is 18.2 Å². The Morgan fingerprint density at radius 3 is 2.89 bits per heavy atom. The molecular weight excluding hydrogens is 264 g/mol. The predicted octanol–water partition coefficient (Wildman–Crippen LogP) is 2.10. The van der Waals surface area contributed by atoms with E-state index in [9.17, 15) is 4.79 Å². The van der Waals surface area contributed by atoms with Gasteiger partial charge in [-0.2, -0.15) is 0 Å². The molecule has 0 aliphatic heterocycles. The van der Waals surface area contributed by atoms with Crippen LogP contribution in [0, 0.1) is 0 Å². The molecule has 2 heterocycles. The lowest BCUT2D eigenvalue weighted by molar-refractivity contribution is 0.0950. The molecule has 6 heteroatoms. The van der Waals surface area contributed by atoms with E-state index in [-0.39, 0.29) is 11.1 Å². The van der Waals surface area contributed by atoms with E-state index in [0.29, 0.717) is 17.9 Å². The first-order chi connectivity index (χ1) is 9.19. The van der Waals surface area contributed by atoms with Crippen LogP contribution in [0.25, 0.3) is 0 Å². The summed E-state index contributed by atoms with van der Waals surface area (Å²) < 4.78 is 0. The van der Waals surface area contributed by atoms with Gasteiger partial charge in [0.2, 0.25) is 0 Å². The normalized spacial score (nSPS) is 10.0. The minimum absolute atomic E-state index is 0.216. The van der Waals surface area contributed by atoms with Crippen LogP contribution >= 0.6 is 11.6 Å². The number of nitrogens with zero attached hydrogens (tertiary/aromatic N) is 2. The number of carbonyl (C=O) groups is 1. The molecule has 2 aromatic rings. The lowest BCUT2D eigenvalue weighted by atomic mass is 10.2. The van der Waals surface area contributed by atoms with Crippen molar-refractivity contribution in [2.45, 2.75) is 6.54 Å². The summed E-state index contributed by atoms with van der Waals surface area (Å²) in [6.45, 7) is 0.370. The molecule has 0 atom stereocenters. The van der Waals surface area contributed by atoms with Crippen molar-refractivity contribution in [3.8, 4) is 0 Å². The molecule has 0 saturated carbocycles. The molecule has 0 aromatic carbocycles. The van der Waals surface area contributed by atoms with Crippen LogP contribution in [0.1, 0.15) is 16.1 Å². The van der Waals surface area contributed by atoms with E-state index in [1.165, 1.54) is 6.07 Å². The summed E-state index contributed by atoms with van der Waals surface area (Å²) in [5.74, 6) is 0.335. The Hall–Kier alpha value is -2.14. The average Bonchev–Trinajstić information content (AvgIpc) is 2.45. The number of amides is 1. The first-order valence-corrected chi connectivity index (χ1v) is 6.10. The molecule has 0 saturated heterocycles. The van der Waals surface area contributed by atoms with E-state index in [0.717, 1.165) is 5.69 Å². The Morgan fingerprint density at radius 2 is 2.21 bits per heavy atom. The standard InChI is InChI=1S/C13H13ClN4O/c1-15-12-7-9(6-11(14)18-12)13(19)17-8-10-4-2-3-5-16-10/h2-7H,8H2,1H3,(H,15,18)(H,17,19). The summed E-state index contributed by atoms with van der Waals surface area (Å²) in [5, 5.41) is 5.90. The van der Waals surface area contributed by atoms with Gasteiger partial charge in [-0.1, -0.05) is 17.7 Å². The number of rotatable bonds is 4. The maximum absolute atomic E-state index is 12.0. The molecule has 0 radical (unpaired) electrons. The number of halogens is 1. The van der Waals surface area contributed by atoms with E-state index in [4.69, 9.17) is 11.6 Å². The maximum atomic E-state index is 12.0. The van der Waals surface area contributed by atoms with Crippen LogP contribution < -0.4 is 10.6 Å². The molecular formula is C13H13ClN4O. The Bertz CT molecular complexity index is 574. The van der Waals surface area contributed by atoms with Crippen molar-refractivity contribution < 1.29 is 4.79 Å². The lowest BCUT2D eigenvalue weighted by Gasteiger charge is -2.07. The van der Waals surface area contributed by atoms with Crippen molar-refractivity contribution in [1.29, 1.82) is 0 Å². The molecule has 0 aliphatic rings. The summed E-state index contributed by atoms with van der Waals surface area (Å²) >= 11 is 5.85. The summed E-state index contributed by atoms with van der Waals surface area (Å²) in [6, 6.07) is 8.71. The number of anilines is 1. The van der Waals surface area contributed by atoms with Crippen LogP contribution in [0.5, 0.6) is 0 Å². The number of hydrogen-bond acceptors (Lipinski definition) is 4. The largest absolute Gasteiger partial charge is 0.373 e. The molecule has 5 nitrogen and oxygen atoms in total. The van der Waals surface area contributed by atoms with Gasteiger partial charge in [-0.15, -0.1) is 0 Å². The minimum Gasteiger partial charge on any atom is -0.373 e. The van der Waals surface area contributed by atoms with Crippen LogP contribution in [0.2, 0.25) is 5.15 Å². The molecule has 0 spiro atoms. The van der Waals surface area contributed by atoms with Crippen LogP contribution in [0.3, 0.4) is 0 Å². The van der Waals surface area contributed by atoms with Crippen LogP contribution in [0.4, 0.5) is 5.82 Å². The fourth-order valence-corrected chi connectivity index (χ4v) is 1.74. The van der Waals surface area contributed by atoms with Crippen molar-refractivity contribution in [1.82, 2.24) is 15.3 Å². The average molecular weight is 277 g/mol. The third kappa shape index (κ3) is 3.66. The molecule has 2 rings (SSSR count). The van der Waals surface area contributed by atoms with Crippen LogP contribution in [-0.2, 0) is 6.54 Å². The smallest absolute Gasteiger partial charge is 0.251 e. The second-order valence-corrected chi connectivity index (χ2v) is 4.20. The molecule has 2 aromatic heterocycles. The second kappa shape index (κ2) is 6.15. The van der Waals surface area contributed by atoms with E-state index >= 15 is 0 Å². The summed E-state index contributed by atoms with van der Waals surface area (Å²) in [6.07, 6.45) is 1.68. The molecule has 1 amide bonds. The van der Waals surface area contributed by atoms with Gasteiger partial charge in [0, 0.05) is 18.8 Å². The zero-order chi connectivity index (χ0) is 13.7. The molecule has 2 N–H and O–H groups in total. The van der Waals surface area contributed by atoms with Crippen LogP contribution in [-0.4, -0.2) is 22.9 Å². The van der Waals surface area contributed by atoms with Gasteiger partial charge in [0.25, 0.3) is 5.91 Å². The predicted molar refractivity (Wildman–Crippen MR) is 74.2 cm³/mol. The molecule has 19 heavy (non-hydrogen) atoms. The first kappa shape index (κ1) is 13.3. The van der Waals surface area contributed by atoms with Gasteiger partial charge in [-0.3, -0.25) is 9.78 Å². The van der Waals surface area contributed by atoms with Gasteiger partial charge in [0.05, 0.1) is 12.2 Å². The fraction of sp³-hybridized carbons (Fsp3) is 0.154. The lowest BCUT2D eigenvalue weighted by Crippen LogP contribution is -2.23. The minimum atomic E-state index is -0.216. The zero-order valence-electron chi connectivity index (χ0n) is 10.4. The van der Waals surface area contributed by atoms with E-state index in [2.05, 4.69) is 20.6 Å². The number of hydrogen-bond donors (Lipinski definition) is 2. The van der Waals surface area contributed by atoms with Crippen molar-refractivity contribution in [3.63, 3.8) is 0 Å². The zero-order valence-corrected chi connectivity index (χ0v) is 11.1. The van der Waals surface area contributed by atoms with Crippen molar-refractivity contribution >= 4 is 23.3 Å². The molecule has 0 aliphatic carbocycles. The van der Waals surface area contributed by atoms with Gasteiger partial charge < -0.3 is 10.6 Å². The highest BCUT2D eigenvalue weighted by Gasteiger charge is 2.08. The van der Waals surface area contributed by atoms with Crippen LogP contribution in [0.15, 0.2) is 36.5 Å². The molecule has 0 bridgehead atoms. The molecule has 0 unspecified atom stereocenters. The number of pyridine rings is 2. The number of carbonyl (C=O) groups excluding carboxylic acids is 1. The van der Waals surface area contributed by atoms with E-state index < -0.39 is 0 Å². The van der Waals surface area contributed by atoms with E-state index in [1.54, 1.807) is 19.3 Å².